The van der Waals surface area contributed by atoms with Crippen LogP contribution in [0.4, 0.5) is 5.82 Å². The molecule has 1 aromatic rings. The minimum Gasteiger partial charge on any atom is -0.387 e. The maximum Gasteiger partial charge on any atom is 0.153 e. The quantitative estimate of drug-likeness (QED) is 0.547. The number of hydrogen-bond donors (Lipinski definition) is 2. The van der Waals surface area contributed by atoms with Gasteiger partial charge in [0.15, 0.2) is 5.82 Å². The second-order valence-corrected chi connectivity index (χ2v) is 2.95. The molecule has 0 amide bonds. The SMILES string of the molecule is CCCC(N)=Nc1[nH]ncc1CC. The third-order valence-corrected chi connectivity index (χ3v) is 1.84. The Hall–Kier alpha value is -1.32. The molecule has 3 N–H and O–H groups in total. The molecule has 0 unspecified atom stereocenters. The van der Waals surface area contributed by atoms with Gasteiger partial charge in [-0.1, -0.05) is 13.8 Å². The lowest BCUT2D eigenvalue weighted by Gasteiger charge is -1.97. The van der Waals surface area contributed by atoms with Crippen LogP contribution >= 0.6 is 0 Å². The first-order valence-corrected chi connectivity index (χ1v) is 4.63. The average Bonchev–Trinajstić information content (AvgIpc) is 2.52. The first-order chi connectivity index (χ1) is 6.27. The maximum atomic E-state index is 5.70. The molecular formula is C9H16N4. The van der Waals surface area contributed by atoms with Crippen LogP contribution in [0.1, 0.15) is 32.3 Å². The van der Waals surface area contributed by atoms with Crippen molar-refractivity contribution in [2.45, 2.75) is 33.1 Å². The highest BCUT2D eigenvalue weighted by Gasteiger charge is 2.01. The molecule has 0 saturated carbocycles. The zero-order valence-electron chi connectivity index (χ0n) is 8.17. The summed E-state index contributed by atoms with van der Waals surface area (Å²) in [7, 11) is 0. The molecule has 1 rings (SSSR count). The molecule has 0 spiro atoms. The minimum absolute atomic E-state index is 0.668. The molecule has 72 valence electrons. The molecule has 0 aromatic carbocycles. The number of rotatable bonds is 4. The zero-order chi connectivity index (χ0) is 9.68. The molecule has 0 fully saturated rings. The Morgan fingerprint density at radius 3 is 3.00 bits per heavy atom. The normalized spacial score (nSPS) is 12.0. The number of aromatic nitrogens is 2. The van der Waals surface area contributed by atoms with E-state index in [-0.39, 0.29) is 0 Å². The molecule has 13 heavy (non-hydrogen) atoms. The second-order valence-electron chi connectivity index (χ2n) is 2.95. The highest BCUT2D eigenvalue weighted by Crippen LogP contribution is 2.15. The van der Waals surface area contributed by atoms with Gasteiger partial charge in [-0.05, 0) is 12.8 Å². The summed E-state index contributed by atoms with van der Waals surface area (Å²) in [6.45, 7) is 4.15. The van der Waals surface area contributed by atoms with Gasteiger partial charge in [0.25, 0.3) is 0 Å². The third-order valence-electron chi connectivity index (χ3n) is 1.84. The highest BCUT2D eigenvalue weighted by atomic mass is 15.2. The Labute approximate surface area is 78.3 Å². The van der Waals surface area contributed by atoms with E-state index < -0.39 is 0 Å². The summed E-state index contributed by atoms with van der Waals surface area (Å²) in [4.78, 5) is 4.26. The first-order valence-electron chi connectivity index (χ1n) is 4.63. The van der Waals surface area contributed by atoms with Crippen molar-refractivity contribution < 1.29 is 0 Å². The van der Waals surface area contributed by atoms with Gasteiger partial charge in [-0.15, -0.1) is 0 Å². The lowest BCUT2D eigenvalue weighted by atomic mass is 10.2. The topological polar surface area (TPSA) is 67.1 Å². The van der Waals surface area contributed by atoms with E-state index >= 15 is 0 Å². The van der Waals surface area contributed by atoms with Gasteiger partial charge in [0.05, 0.1) is 6.20 Å². The van der Waals surface area contributed by atoms with Crippen LogP contribution in [0.3, 0.4) is 0 Å². The van der Waals surface area contributed by atoms with Crippen molar-refractivity contribution in [1.29, 1.82) is 0 Å². The number of nitrogens with two attached hydrogens (primary N) is 1. The Morgan fingerprint density at radius 2 is 2.38 bits per heavy atom. The van der Waals surface area contributed by atoms with Gasteiger partial charge in [0.2, 0.25) is 0 Å². The third kappa shape index (κ3) is 2.57. The van der Waals surface area contributed by atoms with Crippen LogP contribution in [0.25, 0.3) is 0 Å². The molecule has 0 radical (unpaired) electrons. The lowest BCUT2D eigenvalue weighted by Crippen LogP contribution is -2.10. The summed E-state index contributed by atoms with van der Waals surface area (Å²) >= 11 is 0. The summed E-state index contributed by atoms with van der Waals surface area (Å²) in [5.74, 6) is 1.47. The summed E-state index contributed by atoms with van der Waals surface area (Å²) in [6, 6.07) is 0. The first kappa shape index (κ1) is 9.77. The number of nitrogens with one attached hydrogen (secondary N) is 1. The molecular weight excluding hydrogens is 164 g/mol. The van der Waals surface area contributed by atoms with Gasteiger partial charge in [0, 0.05) is 12.0 Å². The van der Waals surface area contributed by atoms with E-state index in [2.05, 4.69) is 29.0 Å². The zero-order valence-corrected chi connectivity index (χ0v) is 8.17. The molecule has 1 aromatic heterocycles. The number of aromatic amines is 1. The Kier molecular flexibility index (Phi) is 3.49. The average molecular weight is 180 g/mol. The molecule has 4 nitrogen and oxygen atoms in total. The van der Waals surface area contributed by atoms with Gasteiger partial charge < -0.3 is 5.73 Å². The Balaban J connectivity index is 2.77. The Morgan fingerprint density at radius 1 is 1.62 bits per heavy atom. The van der Waals surface area contributed by atoms with Crippen LogP contribution in [0.15, 0.2) is 11.2 Å². The van der Waals surface area contributed by atoms with Gasteiger partial charge in [-0.2, -0.15) is 5.10 Å². The maximum absolute atomic E-state index is 5.70. The number of H-pyrrole nitrogens is 1. The lowest BCUT2D eigenvalue weighted by molar-refractivity contribution is 0.978. The summed E-state index contributed by atoms with van der Waals surface area (Å²) < 4.78 is 0. The van der Waals surface area contributed by atoms with Crippen LogP contribution in [-0.4, -0.2) is 16.0 Å². The number of nitrogens with zero attached hydrogens (tertiary/aromatic N) is 2. The molecule has 0 aliphatic carbocycles. The summed E-state index contributed by atoms with van der Waals surface area (Å²) in [6.07, 6.45) is 4.57. The minimum atomic E-state index is 0.668. The summed E-state index contributed by atoms with van der Waals surface area (Å²) in [5, 5.41) is 6.75. The van der Waals surface area contributed by atoms with Crippen LogP contribution in [-0.2, 0) is 6.42 Å². The molecule has 0 saturated heterocycles. The number of hydrogen-bond acceptors (Lipinski definition) is 2. The Bertz CT molecular complexity index is 288. The summed E-state index contributed by atoms with van der Waals surface area (Å²) in [5.41, 5.74) is 6.81. The van der Waals surface area contributed by atoms with Crippen LogP contribution in [0, 0.1) is 0 Å². The number of amidine groups is 1. The predicted octanol–water partition coefficient (Wildman–Crippen LogP) is 1.76. The molecule has 0 atom stereocenters. The van der Waals surface area contributed by atoms with E-state index in [0.717, 1.165) is 30.6 Å². The fourth-order valence-electron chi connectivity index (χ4n) is 1.12. The number of aryl methyl sites for hydroxylation is 1. The van der Waals surface area contributed by atoms with Crippen LogP contribution < -0.4 is 5.73 Å². The van der Waals surface area contributed by atoms with Gasteiger partial charge >= 0.3 is 0 Å². The largest absolute Gasteiger partial charge is 0.387 e. The van der Waals surface area contributed by atoms with E-state index in [1.54, 1.807) is 6.20 Å². The van der Waals surface area contributed by atoms with Crippen molar-refractivity contribution in [1.82, 2.24) is 10.2 Å². The van der Waals surface area contributed by atoms with Crippen molar-refractivity contribution >= 4 is 11.7 Å². The molecule has 0 bridgehead atoms. The molecule has 0 aliphatic heterocycles. The second kappa shape index (κ2) is 4.64. The molecule has 0 aliphatic rings. The highest BCUT2D eigenvalue weighted by molar-refractivity contribution is 5.82. The van der Waals surface area contributed by atoms with E-state index in [4.69, 9.17) is 5.73 Å². The van der Waals surface area contributed by atoms with Crippen LogP contribution in [0.5, 0.6) is 0 Å². The fraction of sp³-hybridized carbons (Fsp3) is 0.556. The smallest absolute Gasteiger partial charge is 0.153 e. The standard InChI is InChI=1S/C9H16N4/c1-3-5-8(10)12-9-7(4-2)6-11-13-9/h6H,3-5H2,1-2H3,(H3,10,11,12,13). The van der Waals surface area contributed by atoms with E-state index in [0.29, 0.717) is 5.84 Å². The number of aliphatic imine (C=N–C) groups is 1. The van der Waals surface area contributed by atoms with Gasteiger partial charge in [0.1, 0.15) is 5.84 Å². The van der Waals surface area contributed by atoms with Gasteiger partial charge in [-0.3, -0.25) is 5.10 Å². The molecule has 1 heterocycles. The molecule has 4 heteroatoms. The van der Waals surface area contributed by atoms with E-state index in [1.807, 2.05) is 0 Å². The fourth-order valence-corrected chi connectivity index (χ4v) is 1.12. The van der Waals surface area contributed by atoms with Crippen molar-refractivity contribution in [2.75, 3.05) is 0 Å². The van der Waals surface area contributed by atoms with Crippen LogP contribution in [0.2, 0.25) is 0 Å². The van der Waals surface area contributed by atoms with E-state index in [9.17, 15) is 0 Å². The van der Waals surface area contributed by atoms with Crippen molar-refractivity contribution in [3.63, 3.8) is 0 Å². The van der Waals surface area contributed by atoms with Gasteiger partial charge in [-0.25, -0.2) is 4.99 Å². The van der Waals surface area contributed by atoms with Crippen molar-refractivity contribution in [3.05, 3.63) is 11.8 Å². The monoisotopic (exact) mass is 180 g/mol. The van der Waals surface area contributed by atoms with Crippen molar-refractivity contribution in [2.24, 2.45) is 10.7 Å². The predicted molar refractivity (Wildman–Crippen MR) is 54.2 cm³/mol. The van der Waals surface area contributed by atoms with Crippen molar-refractivity contribution in [3.8, 4) is 0 Å². The van der Waals surface area contributed by atoms with E-state index in [1.165, 1.54) is 0 Å².